The minimum atomic E-state index is 0.0968. The summed E-state index contributed by atoms with van der Waals surface area (Å²) in [5.41, 5.74) is 2.69. The Morgan fingerprint density at radius 2 is 1.94 bits per heavy atom. The van der Waals surface area contributed by atoms with Gasteiger partial charge in [0.05, 0.1) is 17.7 Å². The van der Waals surface area contributed by atoms with Gasteiger partial charge in [-0.3, -0.25) is 0 Å². The van der Waals surface area contributed by atoms with E-state index in [1.54, 1.807) is 6.20 Å². The second-order valence-corrected chi connectivity index (χ2v) is 4.12. The lowest BCUT2D eigenvalue weighted by molar-refractivity contribution is 0.857. The van der Waals surface area contributed by atoms with Gasteiger partial charge in [-0.25, -0.2) is 9.97 Å². The van der Waals surface area contributed by atoms with E-state index >= 15 is 0 Å². The van der Waals surface area contributed by atoms with Crippen molar-refractivity contribution in [1.29, 1.82) is 5.26 Å². The topological polar surface area (TPSA) is 61.6 Å². The van der Waals surface area contributed by atoms with Crippen molar-refractivity contribution in [3.63, 3.8) is 0 Å². The minimum Gasteiger partial charge on any atom is -0.348 e. The number of nitrogens with zero attached hydrogens (tertiary/aromatic N) is 3. The maximum absolute atomic E-state index is 8.75. The smallest absolute Gasteiger partial charge is 0.223 e. The average Bonchev–Trinajstić information content (AvgIpc) is 2.39. The maximum Gasteiger partial charge on any atom is 0.223 e. The highest BCUT2D eigenvalue weighted by Gasteiger charge is 2.06. The van der Waals surface area contributed by atoms with E-state index in [2.05, 4.69) is 21.4 Å². The summed E-state index contributed by atoms with van der Waals surface area (Å²) >= 11 is 0. The maximum atomic E-state index is 8.75. The molecule has 0 aliphatic rings. The molecule has 18 heavy (non-hydrogen) atoms. The molecule has 2 aromatic rings. The number of rotatable bonds is 3. The minimum absolute atomic E-state index is 0.0968. The summed E-state index contributed by atoms with van der Waals surface area (Å²) in [5.74, 6) is 0.617. The van der Waals surface area contributed by atoms with Crippen LogP contribution in [0.15, 0.2) is 36.5 Å². The van der Waals surface area contributed by atoms with Crippen LogP contribution in [0.3, 0.4) is 0 Å². The van der Waals surface area contributed by atoms with E-state index in [0.29, 0.717) is 11.5 Å². The van der Waals surface area contributed by atoms with Crippen LogP contribution in [0.5, 0.6) is 0 Å². The van der Waals surface area contributed by atoms with Crippen LogP contribution in [0, 0.1) is 18.3 Å². The predicted octanol–water partition coefficient (Wildman–Crippen LogP) is 2.83. The number of benzene rings is 1. The molecule has 4 nitrogen and oxygen atoms in total. The van der Waals surface area contributed by atoms with E-state index in [1.807, 2.05) is 44.2 Å². The first-order valence-corrected chi connectivity index (χ1v) is 5.75. The van der Waals surface area contributed by atoms with Crippen molar-refractivity contribution in [3.8, 4) is 6.07 Å². The van der Waals surface area contributed by atoms with Gasteiger partial charge in [0.1, 0.15) is 0 Å². The summed E-state index contributed by atoms with van der Waals surface area (Å²) in [4.78, 5) is 8.46. The van der Waals surface area contributed by atoms with Gasteiger partial charge >= 0.3 is 0 Å². The van der Waals surface area contributed by atoms with Gasteiger partial charge < -0.3 is 5.32 Å². The van der Waals surface area contributed by atoms with Crippen LogP contribution in [0.25, 0.3) is 0 Å². The standard InChI is InChI=1S/C14H14N4/c1-10-7-8-16-14(17-10)18-11(2)13-5-3-12(9-15)4-6-13/h3-8,11H,1-2H3,(H,16,17,18). The van der Waals surface area contributed by atoms with Crippen molar-refractivity contribution < 1.29 is 0 Å². The number of aryl methyl sites for hydroxylation is 1. The Hall–Kier alpha value is -2.41. The number of nitriles is 1. The van der Waals surface area contributed by atoms with E-state index in [9.17, 15) is 0 Å². The predicted molar refractivity (Wildman–Crippen MR) is 70.0 cm³/mol. The molecule has 90 valence electrons. The molecule has 0 spiro atoms. The average molecular weight is 238 g/mol. The summed E-state index contributed by atoms with van der Waals surface area (Å²) in [7, 11) is 0. The lowest BCUT2D eigenvalue weighted by Crippen LogP contribution is -2.09. The van der Waals surface area contributed by atoms with Crippen LogP contribution in [-0.4, -0.2) is 9.97 Å². The number of hydrogen-bond donors (Lipinski definition) is 1. The summed E-state index contributed by atoms with van der Waals surface area (Å²) in [6.07, 6.45) is 1.73. The zero-order valence-corrected chi connectivity index (χ0v) is 10.4. The Morgan fingerprint density at radius 1 is 1.22 bits per heavy atom. The van der Waals surface area contributed by atoms with E-state index < -0.39 is 0 Å². The third-order valence-electron chi connectivity index (χ3n) is 2.68. The van der Waals surface area contributed by atoms with E-state index in [0.717, 1.165) is 11.3 Å². The molecular weight excluding hydrogens is 224 g/mol. The zero-order valence-electron chi connectivity index (χ0n) is 10.4. The molecule has 0 bridgehead atoms. The van der Waals surface area contributed by atoms with Gasteiger partial charge in [0.25, 0.3) is 0 Å². The number of hydrogen-bond acceptors (Lipinski definition) is 4. The molecule has 1 N–H and O–H groups in total. The first-order valence-electron chi connectivity index (χ1n) is 5.75. The monoisotopic (exact) mass is 238 g/mol. The number of nitrogens with one attached hydrogen (secondary N) is 1. The van der Waals surface area contributed by atoms with Crippen LogP contribution in [-0.2, 0) is 0 Å². The molecule has 0 aliphatic heterocycles. The van der Waals surface area contributed by atoms with Gasteiger partial charge in [-0.2, -0.15) is 5.26 Å². The first-order chi connectivity index (χ1) is 8.69. The van der Waals surface area contributed by atoms with Crippen molar-refractivity contribution in [2.45, 2.75) is 19.9 Å². The quantitative estimate of drug-likeness (QED) is 0.893. The fraction of sp³-hybridized carbons (Fsp3) is 0.214. The highest BCUT2D eigenvalue weighted by atomic mass is 15.1. The van der Waals surface area contributed by atoms with E-state index in [-0.39, 0.29) is 6.04 Å². The lowest BCUT2D eigenvalue weighted by atomic mass is 10.1. The van der Waals surface area contributed by atoms with Gasteiger partial charge in [0, 0.05) is 11.9 Å². The van der Waals surface area contributed by atoms with Crippen molar-refractivity contribution >= 4 is 5.95 Å². The fourth-order valence-electron chi connectivity index (χ4n) is 1.64. The highest BCUT2D eigenvalue weighted by molar-refractivity contribution is 5.36. The summed E-state index contributed by atoms with van der Waals surface area (Å²) in [5, 5.41) is 12.0. The van der Waals surface area contributed by atoms with Crippen LogP contribution in [0.4, 0.5) is 5.95 Å². The molecule has 1 aromatic heterocycles. The van der Waals surface area contributed by atoms with Gasteiger partial charge in [-0.1, -0.05) is 12.1 Å². The van der Waals surface area contributed by atoms with Crippen LogP contribution < -0.4 is 5.32 Å². The van der Waals surface area contributed by atoms with Crippen molar-refractivity contribution in [1.82, 2.24) is 9.97 Å². The Kier molecular flexibility index (Phi) is 3.54. The molecule has 1 heterocycles. The molecule has 1 unspecified atom stereocenters. The normalized spacial score (nSPS) is 11.6. The third-order valence-corrected chi connectivity index (χ3v) is 2.68. The van der Waals surface area contributed by atoms with Gasteiger partial charge in [0.2, 0.25) is 5.95 Å². The summed E-state index contributed by atoms with van der Waals surface area (Å²) < 4.78 is 0. The highest BCUT2D eigenvalue weighted by Crippen LogP contribution is 2.17. The zero-order chi connectivity index (χ0) is 13.0. The molecule has 0 saturated carbocycles. The molecule has 0 saturated heterocycles. The Morgan fingerprint density at radius 3 is 2.56 bits per heavy atom. The second-order valence-electron chi connectivity index (χ2n) is 4.12. The van der Waals surface area contributed by atoms with Crippen molar-refractivity contribution in [3.05, 3.63) is 53.3 Å². The Balaban J connectivity index is 2.12. The van der Waals surface area contributed by atoms with E-state index in [1.165, 1.54) is 0 Å². The van der Waals surface area contributed by atoms with Crippen molar-refractivity contribution in [2.24, 2.45) is 0 Å². The third kappa shape index (κ3) is 2.83. The molecule has 4 heteroatoms. The summed E-state index contributed by atoms with van der Waals surface area (Å²) in [6.45, 7) is 3.96. The van der Waals surface area contributed by atoms with Gasteiger partial charge in [0.15, 0.2) is 0 Å². The van der Waals surface area contributed by atoms with Crippen LogP contribution >= 0.6 is 0 Å². The van der Waals surface area contributed by atoms with Crippen LogP contribution in [0.1, 0.15) is 29.8 Å². The lowest BCUT2D eigenvalue weighted by Gasteiger charge is -2.14. The molecule has 1 aromatic carbocycles. The van der Waals surface area contributed by atoms with Crippen LogP contribution in [0.2, 0.25) is 0 Å². The molecule has 2 rings (SSSR count). The van der Waals surface area contributed by atoms with Crippen molar-refractivity contribution in [2.75, 3.05) is 5.32 Å². The number of anilines is 1. The molecular formula is C14H14N4. The number of aromatic nitrogens is 2. The van der Waals surface area contributed by atoms with Gasteiger partial charge in [-0.15, -0.1) is 0 Å². The molecule has 0 amide bonds. The molecule has 1 atom stereocenters. The molecule has 0 radical (unpaired) electrons. The van der Waals surface area contributed by atoms with Gasteiger partial charge in [-0.05, 0) is 37.6 Å². The fourth-order valence-corrected chi connectivity index (χ4v) is 1.64. The first kappa shape index (κ1) is 12.1. The van der Waals surface area contributed by atoms with E-state index in [4.69, 9.17) is 5.26 Å². The summed E-state index contributed by atoms with van der Waals surface area (Å²) in [6, 6.07) is 11.6. The Labute approximate surface area is 106 Å². The molecule has 0 fully saturated rings. The molecule has 0 aliphatic carbocycles. The largest absolute Gasteiger partial charge is 0.348 e. The Bertz CT molecular complexity index is 569. The second kappa shape index (κ2) is 5.28. The SMILES string of the molecule is Cc1ccnc(NC(C)c2ccc(C#N)cc2)n1.